The molecule has 0 bridgehead atoms. The maximum absolute atomic E-state index is 2.47. The molecule has 44 heavy (non-hydrogen) atoms. The SMILES string of the molecule is CCc1ccccc1N(c1cccc(-c2ccc3c(c2)c2ccccc2n3C(C)(C)C)c1)c1ccccc1-c1ccccc1. The predicted molar refractivity (Wildman–Crippen MR) is 189 cm³/mol. The summed E-state index contributed by atoms with van der Waals surface area (Å²) in [5.41, 5.74) is 12.2. The molecule has 0 saturated heterocycles. The van der Waals surface area contributed by atoms with E-state index in [1.807, 2.05) is 0 Å². The summed E-state index contributed by atoms with van der Waals surface area (Å²) in [6, 6.07) is 53.0. The molecule has 0 saturated carbocycles. The zero-order valence-electron chi connectivity index (χ0n) is 26.0. The normalized spacial score (nSPS) is 11.7. The fourth-order valence-corrected chi connectivity index (χ4v) is 6.67. The molecule has 2 heteroatoms. The van der Waals surface area contributed by atoms with Gasteiger partial charge in [-0.1, -0.05) is 110 Å². The van der Waals surface area contributed by atoms with Crippen LogP contribution in [0.15, 0.2) is 146 Å². The summed E-state index contributed by atoms with van der Waals surface area (Å²) >= 11 is 0. The van der Waals surface area contributed by atoms with Crippen molar-refractivity contribution in [2.24, 2.45) is 0 Å². The van der Waals surface area contributed by atoms with E-state index < -0.39 is 0 Å². The van der Waals surface area contributed by atoms with Crippen LogP contribution in [-0.4, -0.2) is 4.57 Å². The molecular formula is C42H38N2. The van der Waals surface area contributed by atoms with Gasteiger partial charge in [0.1, 0.15) is 0 Å². The smallest absolute Gasteiger partial charge is 0.0540 e. The second-order valence-electron chi connectivity index (χ2n) is 12.5. The Kier molecular flexibility index (Phi) is 7.06. The van der Waals surface area contributed by atoms with Crippen LogP contribution < -0.4 is 4.90 Å². The van der Waals surface area contributed by atoms with E-state index in [1.54, 1.807) is 0 Å². The first kappa shape index (κ1) is 27.7. The zero-order chi connectivity index (χ0) is 30.3. The lowest BCUT2D eigenvalue weighted by Crippen LogP contribution is -2.21. The van der Waals surface area contributed by atoms with Crippen LogP contribution in [0.4, 0.5) is 17.1 Å². The van der Waals surface area contributed by atoms with Crippen molar-refractivity contribution in [1.82, 2.24) is 4.57 Å². The number of benzene rings is 6. The first-order valence-electron chi connectivity index (χ1n) is 15.6. The van der Waals surface area contributed by atoms with E-state index in [0.29, 0.717) is 0 Å². The third-order valence-corrected chi connectivity index (χ3v) is 8.62. The number of aromatic nitrogens is 1. The summed E-state index contributed by atoms with van der Waals surface area (Å²) in [5, 5.41) is 2.59. The highest BCUT2D eigenvalue weighted by Gasteiger charge is 2.22. The molecule has 0 unspecified atom stereocenters. The van der Waals surface area contributed by atoms with Gasteiger partial charge < -0.3 is 9.47 Å². The third kappa shape index (κ3) is 4.87. The fraction of sp³-hybridized carbons (Fsp3) is 0.143. The molecule has 0 aliphatic carbocycles. The van der Waals surface area contributed by atoms with Gasteiger partial charge in [-0.25, -0.2) is 0 Å². The number of aryl methyl sites for hydroxylation is 1. The van der Waals surface area contributed by atoms with Crippen LogP contribution in [-0.2, 0) is 12.0 Å². The number of rotatable bonds is 6. The van der Waals surface area contributed by atoms with Crippen molar-refractivity contribution in [3.63, 3.8) is 0 Å². The average Bonchev–Trinajstić information content (AvgIpc) is 3.40. The van der Waals surface area contributed by atoms with E-state index in [-0.39, 0.29) is 5.54 Å². The van der Waals surface area contributed by atoms with Crippen molar-refractivity contribution in [1.29, 1.82) is 0 Å². The topological polar surface area (TPSA) is 8.17 Å². The molecule has 0 spiro atoms. The lowest BCUT2D eigenvalue weighted by molar-refractivity contribution is 0.423. The Bertz CT molecular complexity index is 2090. The van der Waals surface area contributed by atoms with Gasteiger partial charge in [0.2, 0.25) is 0 Å². The van der Waals surface area contributed by atoms with Crippen LogP contribution in [0.1, 0.15) is 33.3 Å². The minimum Gasteiger partial charge on any atom is -0.335 e. The van der Waals surface area contributed by atoms with E-state index in [4.69, 9.17) is 0 Å². The Labute approximate surface area is 260 Å². The second kappa shape index (κ2) is 11.2. The van der Waals surface area contributed by atoms with E-state index in [2.05, 4.69) is 183 Å². The Balaban J connectivity index is 1.42. The minimum absolute atomic E-state index is 0.0257. The van der Waals surface area contributed by atoms with Crippen molar-refractivity contribution in [2.75, 3.05) is 4.90 Å². The summed E-state index contributed by atoms with van der Waals surface area (Å²) in [6.07, 6.45) is 0.953. The highest BCUT2D eigenvalue weighted by molar-refractivity contribution is 6.09. The Morgan fingerprint density at radius 1 is 0.523 bits per heavy atom. The number of anilines is 3. The van der Waals surface area contributed by atoms with Gasteiger partial charge in [0.05, 0.1) is 5.69 Å². The Hall–Kier alpha value is -5.08. The summed E-state index contributed by atoms with van der Waals surface area (Å²) < 4.78 is 2.47. The number of fused-ring (bicyclic) bond motifs is 3. The minimum atomic E-state index is -0.0257. The van der Waals surface area contributed by atoms with Crippen molar-refractivity contribution >= 4 is 38.9 Å². The maximum Gasteiger partial charge on any atom is 0.0540 e. The Morgan fingerprint density at radius 3 is 1.95 bits per heavy atom. The molecular weight excluding hydrogens is 532 g/mol. The molecule has 7 rings (SSSR count). The molecule has 0 N–H and O–H groups in total. The van der Waals surface area contributed by atoms with Gasteiger partial charge in [-0.3, -0.25) is 0 Å². The van der Waals surface area contributed by atoms with Gasteiger partial charge in [0.15, 0.2) is 0 Å². The number of para-hydroxylation sites is 3. The molecule has 6 aromatic carbocycles. The molecule has 2 nitrogen and oxygen atoms in total. The highest BCUT2D eigenvalue weighted by Crippen LogP contribution is 2.43. The van der Waals surface area contributed by atoms with E-state index in [1.165, 1.54) is 61.0 Å². The van der Waals surface area contributed by atoms with Crippen LogP contribution in [0.5, 0.6) is 0 Å². The van der Waals surface area contributed by atoms with Crippen LogP contribution in [0.3, 0.4) is 0 Å². The quantitative estimate of drug-likeness (QED) is 0.193. The molecule has 0 fully saturated rings. The van der Waals surface area contributed by atoms with Gasteiger partial charge in [-0.15, -0.1) is 0 Å². The molecule has 1 aromatic heterocycles. The average molecular weight is 571 g/mol. The standard InChI is InChI=1S/C42H38N2/c1-5-30-16-9-12-23-38(30)43(39-24-13-10-21-35(39)31-17-7-6-8-18-31)34-20-15-19-32(28-34)33-26-27-41-37(29-33)36-22-11-14-25-40(36)44(41)42(2,3)4/h6-29H,5H2,1-4H3. The monoisotopic (exact) mass is 570 g/mol. The highest BCUT2D eigenvalue weighted by atomic mass is 15.1. The molecule has 7 aromatic rings. The second-order valence-corrected chi connectivity index (χ2v) is 12.5. The fourth-order valence-electron chi connectivity index (χ4n) is 6.67. The van der Waals surface area contributed by atoms with Crippen LogP contribution in [0, 0.1) is 0 Å². The van der Waals surface area contributed by atoms with E-state index in [0.717, 1.165) is 12.1 Å². The molecule has 0 amide bonds. The van der Waals surface area contributed by atoms with Gasteiger partial charge in [0, 0.05) is 44.3 Å². The van der Waals surface area contributed by atoms with Crippen molar-refractivity contribution in [2.45, 2.75) is 39.7 Å². The van der Waals surface area contributed by atoms with E-state index in [9.17, 15) is 0 Å². The number of hydrogen-bond donors (Lipinski definition) is 0. The largest absolute Gasteiger partial charge is 0.335 e. The summed E-state index contributed by atoms with van der Waals surface area (Å²) in [6.45, 7) is 9.09. The Morgan fingerprint density at radius 2 is 1.16 bits per heavy atom. The summed E-state index contributed by atoms with van der Waals surface area (Å²) in [5.74, 6) is 0. The van der Waals surface area contributed by atoms with Crippen LogP contribution >= 0.6 is 0 Å². The van der Waals surface area contributed by atoms with Crippen molar-refractivity contribution in [3.8, 4) is 22.3 Å². The van der Waals surface area contributed by atoms with Crippen LogP contribution in [0.2, 0.25) is 0 Å². The molecule has 0 atom stereocenters. The first-order chi connectivity index (χ1) is 21.4. The molecule has 216 valence electrons. The van der Waals surface area contributed by atoms with Gasteiger partial charge >= 0.3 is 0 Å². The van der Waals surface area contributed by atoms with Gasteiger partial charge in [0.25, 0.3) is 0 Å². The molecule has 1 heterocycles. The zero-order valence-corrected chi connectivity index (χ0v) is 26.0. The third-order valence-electron chi connectivity index (χ3n) is 8.62. The van der Waals surface area contributed by atoms with Crippen molar-refractivity contribution < 1.29 is 0 Å². The predicted octanol–water partition coefficient (Wildman–Crippen LogP) is 11.9. The summed E-state index contributed by atoms with van der Waals surface area (Å²) in [7, 11) is 0. The molecule has 0 aliphatic heterocycles. The molecule has 0 radical (unpaired) electrons. The number of hydrogen-bond acceptors (Lipinski definition) is 1. The maximum atomic E-state index is 2.47. The molecule has 0 aliphatic rings. The lowest BCUT2D eigenvalue weighted by atomic mass is 9.99. The van der Waals surface area contributed by atoms with E-state index >= 15 is 0 Å². The van der Waals surface area contributed by atoms with Gasteiger partial charge in [-0.2, -0.15) is 0 Å². The van der Waals surface area contributed by atoms with Gasteiger partial charge in [-0.05, 0) is 91.9 Å². The first-order valence-corrected chi connectivity index (χ1v) is 15.6. The number of nitrogens with zero attached hydrogens (tertiary/aromatic N) is 2. The van der Waals surface area contributed by atoms with Crippen molar-refractivity contribution in [3.05, 3.63) is 151 Å². The summed E-state index contributed by atoms with van der Waals surface area (Å²) in [4.78, 5) is 2.44. The van der Waals surface area contributed by atoms with Crippen LogP contribution in [0.25, 0.3) is 44.1 Å². The lowest BCUT2D eigenvalue weighted by Gasteiger charge is -2.30.